The Kier molecular flexibility index (Phi) is 18.3. The summed E-state index contributed by atoms with van der Waals surface area (Å²) in [4.78, 5) is 69.7. The standard InChI is InChI=1S/C26H48N10O6/c27-10-4-1-7-18(30)23(38)35-19(8-2-5-11-28)24(39)32-15-22(37)34-21(13-17-14-31-16-33-17)25(40)36-20(26(41)42)9-3-6-12-29/h14,16,18-21H,1-13,15,27-30H2,(H,31,33)(H,32,39)(H,34,37)(H,35,38)(H,36,40)(H,41,42)/t18-,19-,20-,21-/m0/s1. The van der Waals surface area contributed by atoms with E-state index in [2.05, 4.69) is 31.2 Å². The lowest BCUT2D eigenvalue weighted by Gasteiger charge is -2.22. The molecule has 0 aliphatic rings. The summed E-state index contributed by atoms with van der Waals surface area (Å²) in [6, 6.07) is -4.06. The van der Waals surface area contributed by atoms with Crippen LogP contribution in [0, 0.1) is 0 Å². The molecule has 0 aliphatic heterocycles. The molecule has 0 fully saturated rings. The van der Waals surface area contributed by atoms with Crippen molar-refractivity contribution in [2.75, 3.05) is 26.2 Å². The highest BCUT2D eigenvalue weighted by atomic mass is 16.4. The summed E-state index contributed by atoms with van der Waals surface area (Å²) in [7, 11) is 0. The minimum atomic E-state index is -1.21. The molecule has 1 heterocycles. The molecule has 1 rings (SSSR count). The van der Waals surface area contributed by atoms with Crippen molar-refractivity contribution < 1.29 is 29.1 Å². The molecule has 0 unspecified atom stereocenters. The number of rotatable bonds is 23. The molecule has 16 nitrogen and oxygen atoms in total. The first-order chi connectivity index (χ1) is 20.1. The second kappa shape index (κ2) is 21.2. The monoisotopic (exact) mass is 596 g/mol. The molecule has 4 amide bonds. The highest BCUT2D eigenvalue weighted by molar-refractivity contribution is 5.94. The molecule has 0 spiro atoms. The quantitative estimate of drug-likeness (QED) is 0.0581. The van der Waals surface area contributed by atoms with E-state index in [1.807, 2.05) is 0 Å². The van der Waals surface area contributed by atoms with Crippen LogP contribution in [0.1, 0.15) is 63.5 Å². The van der Waals surface area contributed by atoms with Gasteiger partial charge in [-0.1, -0.05) is 6.42 Å². The number of imidazole rings is 1. The van der Waals surface area contributed by atoms with Gasteiger partial charge >= 0.3 is 5.97 Å². The van der Waals surface area contributed by atoms with Crippen LogP contribution in [0.5, 0.6) is 0 Å². The van der Waals surface area contributed by atoms with Crippen molar-refractivity contribution in [1.82, 2.24) is 31.2 Å². The van der Waals surface area contributed by atoms with Crippen molar-refractivity contribution in [3.05, 3.63) is 18.2 Å². The van der Waals surface area contributed by atoms with Crippen LogP contribution in [0.15, 0.2) is 12.5 Å². The number of nitrogens with one attached hydrogen (secondary N) is 5. The molecule has 4 atom stereocenters. The van der Waals surface area contributed by atoms with Crippen molar-refractivity contribution >= 4 is 29.6 Å². The summed E-state index contributed by atoms with van der Waals surface area (Å²) in [6.45, 7) is 0.804. The Hall–Kier alpha value is -3.60. The van der Waals surface area contributed by atoms with Crippen molar-refractivity contribution in [1.29, 1.82) is 0 Å². The predicted octanol–water partition coefficient (Wildman–Crippen LogP) is -2.68. The molecule has 16 heteroatoms. The topological polar surface area (TPSA) is 286 Å². The van der Waals surface area contributed by atoms with Crippen LogP contribution in [0.25, 0.3) is 0 Å². The first-order valence-electron chi connectivity index (χ1n) is 14.4. The average molecular weight is 597 g/mol. The second-order valence-electron chi connectivity index (χ2n) is 10.0. The molecule has 1 aromatic heterocycles. The average Bonchev–Trinajstić information content (AvgIpc) is 3.47. The third-order valence-electron chi connectivity index (χ3n) is 6.50. The maximum absolute atomic E-state index is 13.0. The zero-order valence-electron chi connectivity index (χ0n) is 24.1. The van der Waals surface area contributed by atoms with Crippen molar-refractivity contribution in [2.45, 2.75) is 88.4 Å². The van der Waals surface area contributed by atoms with Gasteiger partial charge in [0.1, 0.15) is 18.1 Å². The third-order valence-corrected chi connectivity index (χ3v) is 6.50. The van der Waals surface area contributed by atoms with Crippen LogP contribution in [0.3, 0.4) is 0 Å². The van der Waals surface area contributed by atoms with Gasteiger partial charge in [0.15, 0.2) is 0 Å². The third kappa shape index (κ3) is 14.9. The van der Waals surface area contributed by atoms with Gasteiger partial charge in [-0.3, -0.25) is 19.2 Å². The number of amides is 4. The summed E-state index contributed by atoms with van der Waals surface area (Å²) in [5.74, 6) is -3.69. The van der Waals surface area contributed by atoms with Crippen LogP contribution in [0.4, 0.5) is 0 Å². The number of hydrogen-bond acceptors (Lipinski definition) is 10. The fraction of sp³-hybridized carbons (Fsp3) is 0.692. The first-order valence-corrected chi connectivity index (χ1v) is 14.4. The minimum absolute atomic E-state index is 0.000471. The Labute approximate surface area is 245 Å². The fourth-order valence-electron chi connectivity index (χ4n) is 4.06. The van der Waals surface area contributed by atoms with Gasteiger partial charge in [-0.2, -0.15) is 0 Å². The summed E-state index contributed by atoms with van der Waals surface area (Å²) in [5, 5.41) is 19.7. The van der Waals surface area contributed by atoms with E-state index in [0.29, 0.717) is 63.9 Å². The summed E-state index contributed by atoms with van der Waals surface area (Å²) in [6.07, 6.45) is 7.44. The van der Waals surface area contributed by atoms with E-state index >= 15 is 0 Å². The lowest BCUT2D eigenvalue weighted by molar-refractivity contribution is -0.142. The zero-order chi connectivity index (χ0) is 31.3. The van der Waals surface area contributed by atoms with E-state index in [9.17, 15) is 29.1 Å². The maximum Gasteiger partial charge on any atom is 0.326 e. The van der Waals surface area contributed by atoms with Crippen molar-refractivity contribution in [3.63, 3.8) is 0 Å². The number of unbranched alkanes of at least 4 members (excludes halogenated alkanes) is 3. The molecule has 0 saturated carbocycles. The van der Waals surface area contributed by atoms with E-state index in [-0.39, 0.29) is 19.3 Å². The van der Waals surface area contributed by atoms with Crippen LogP contribution in [-0.2, 0) is 30.4 Å². The molecule has 238 valence electrons. The molecule has 1 aromatic rings. The van der Waals surface area contributed by atoms with Crippen LogP contribution < -0.4 is 44.2 Å². The van der Waals surface area contributed by atoms with Crippen LogP contribution in [0.2, 0.25) is 0 Å². The Morgan fingerprint density at radius 1 is 0.762 bits per heavy atom. The maximum atomic E-state index is 13.0. The Bertz CT molecular complexity index is 961. The van der Waals surface area contributed by atoms with Crippen LogP contribution >= 0.6 is 0 Å². The number of aromatic nitrogens is 2. The number of nitrogens with two attached hydrogens (primary N) is 4. The van der Waals surface area contributed by atoms with E-state index in [4.69, 9.17) is 22.9 Å². The van der Waals surface area contributed by atoms with Gasteiger partial charge < -0.3 is 54.3 Å². The molecule has 0 aromatic carbocycles. The number of H-pyrrole nitrogens is 1. The lowest BCUT2D eigenvalue weighted by Crippen LogP contribution is -2.55. The molecule has 0 saturated heterocycles. The van der Waals surface area contributed by atoms with Crippen molar-refractivity contribution in [3.8, 4) is 0 Å². The largest absolute Gasteiger partial charge is 0.480 e. The van der Waals surface area contributed by atoms with E-state index in [1.54, 1.807) is 0 Å². The first kappa shape index (κ1) is 36.4. The highest BCUT2D eigenvalue weighted by Gasteiger charge is 2.28. The number of nitrogens with zero attached hydrogens (tertiary/aromatic N) is 1. The second-order valence-corrected chi connectivity index (χ2v) is 10.0. The van der Waals surface area contributed by atoms with Crippen LogP contribution in [-0.4, -0.2) is 95.0 Å². The number of aliphatic carboxylic acids is 1. The number of carbonyl (C=O) groups excluding carboxylic acids is 4. The molecule has 14 N–H and O–H groups in total. The van der Waals surface area contributed by atoms with E-state index in [0.717, 1.165) is 6.42 Å². The number of aromatic amines is 1. The Morgan fingerprint density at radius 2 is 1.33 bits per heavy atom. The fourth-order valence-corrected chi connectivity index (χ4v) is 4.06. The van der Waals surface area contributed by atoms with Gasteiger partial charge in [0.05, 0.1) is 18.9 Å². The number of carbonyl (C=O) groups is 5. The summed E-state index contributed by atoms with van der Waals surface area (Å²) >= 11 is 0. The smallest absolute Gasteiger partial charge is 0.326 e. The van der Waals surface area contributed by atoms with Gasteiger partial charge in [-0.15, -0.1) is 0 Å². The molecule has 0 radical (unpaired) electrons. The molecule has 42 heavy (non-hydrogen) atoms. The van der Waals surface area contributed by atoms with Gasteiger partial charge in [0.2, 0.25) is 23.6 Å². The number of carboxylic acids is 1. The van der Waals surface area contributed by atoms with Gasteiger partial charge in [0, 0.05) is 18.3 Å². The SMILES string of the molecule is NCCCC[C@H](NC(=O)[C@H](Cc1cnc[nH]1)NC(=O)CNC(=O)[C@H](CCCCN)NC(=O)[C@@H](N)CCCCN)C(=O)O. The summed E-state index contributed by atoms with van der Waals surface area (Å²) in [5.41, 5.74) is 23.0. The highest BCUT2D eigenvalue weighted by Crippen LogP contribution is 2.06. The number of carboxylic acid groups (broad SMARTS) is 1. The lowest BCUT2D eigenvalue weighted by atomic mass is 10.1. The van der Waals surface area contributed by atoms with Gasteiger partial charge in [-0.05, 0) is 71.0 Å². The van der Waals surface area contributed by atoms with Gasteiger partial charge in [0.25, 0.3) is 0 Å². The van der Waals surface area contributed by atoms with Gasteiger partial charge in [-0.25, -0.2) is 9.78 Å². The molecular weight excluding hydrogens is 548 g/mol. The Balaban J connectivity index is 2.83. The summed E-state index contributed by atoms with van der Waals surface area (Å²) < 4.78 is 0. The van der Waals surface area contributed by atoms with Crippen molar-refractivity contribution in [2.24, 2.45) is 22.9 Å². The van der Waals surface area contributed by atoms with E-state index in [1.165, 1.54) is 12.5 Å². The number of hydrogen-bond donors (Lipinski definition) is 10. The predicted molar refractivity (Wildman–Crippen MR) is 155 cm³/mol. The van der Waals surface area contributed by atoms with E-state index < -0.39 is 60.3 Å². The zero-order valence-corrected chi connectivity index (χ0v) is 24.1. The molecule has 0 bridgehead atoms. The Morgan fingerprint density at radius 3 is 1.88 bits per heavy atom. The molecular formula is C26H48N10O6. The normalized spacial score (nSPS) is 13.8. The molecule has 0 aliphatic carbocycles. The minimum Gasteiger partial charge on any atom is -0.480 e.